The Labute approximate surface area is 169 Å². The summed E-state index contributed by atoms with van der Waals surface area (Å²) in [6.07, 6.45) is 3.18. The molecule has 2 aromatic rings. The molecule has 9 heteroatoms. The highest BCUT2D eigenvalue weighted by Crippen LogP contribution is 2.24. The first kappa shape index (κ1) is 21.0. The number of nitrogens with one attached hydrogen (secondary N) is 1. The lowest BCUT2D eigenvalue weighted by atomic mass is 10.1. The number of carbonyl (C=O) groups is 2. The lowest BCUT2D eigenvalue weighted by Crippen LogP contribution is -2.25. The van der Waals surface area contributed by atoms with E-state index in [4.69, 9.17) is 9.57 Å². The monoisotopic (exact) mass is 418 g/mol. The van der Waals surface area contributed by atoms with Crippen molar-refractivity contribution >= 4 is 27.6 Å². The van der Waals surface area contributed by atoms with E-state index >= 15 is 0 Å². The van der Waals surface area contributed by atoms with E-state index in [1.807, 2.05) is 18.2 Å². The summed E-state index contributed by atoms with van der Waals surface area (Å²) >= 11 is 0. The number of benzene rings is 2. The SMILES string of the molecule is CON(C)S(=O)(=O)c1ccc(C(=O)OCC(=O)Nc2ccc3c(c2)CCC3)cc1. The molecule has 0 heterocycles. The Kier molecular flexibility index (Phi) is 6.31. The number of anilines is 1. The summed E-state index contributed by atoms with van der Waals surface area (Å²) in [6.45, 7) is -0.442. The summed E-state index contributed by atoms with van der Waals surface area (Å²) < 4.78 is 30.0. The van der Waals surface area contributed by atoms with Gasteiger partial charge in [-0.2, -0.15) is 0 Å². The summed E-state index contributed by atoms with van der Waals surface area (Å²) in [5.41, 5.74) is 3.34. The van der Waals surface area contributed by atoms with Crippen LogP contribution in [-0.4, -0.2) is 45.5 Å². The van der Waals surface area contributed by atoms with Gasteiger partial charge in [0.1, 0.15) is 0 Å². The Morgan fingerprint density at radius 1 is 1.07 bits per heavy atom. The number of carbonyl (C=O) groups excluding carboxylic acids is 2. The van der Waals surface area contributed by atoms with Gasteiger partial charge in [0.15, 0.2) is 6.61 Å². The highest BCUT2D eigenvalue weighted by atomic mass is 32.2. The Balaban J connectivity index is 1.55. The number of hydrogen-bond donors (Lipinski definition) is 1. The fourth-order valence-electron chi connectivity index (χ4n) is 3.07. The van der Waals surface area contributed by atoms with Crippen molar-refractivity contribution in [3.63, 3.8) is 0 Å². The quantitative estimate of drug-likeness (QED) is 0.546. The molecule has 0 fully saturated rings. The van der Waals surface area contributed by atoms with Gasteiger partial charge >= 0.3 is 5.97 Å². The van der Waals surface area contributed by atoms with Gasteiger partial charge in [-0.1, -0.05) is 10.5 Å². The molecule has 0 aliphatic heterocycles. The molecule has 29 heavy (non-hydrogen) atoms. The van der Waals surface area contributed by atoms with Crippen molar-refractivity contribution in [2.75, 3.05) is 26.1 Å². The summed E-state index contributed by atoms with van der Waals surface area (Å²) in [4.78, 5) is 28.8. The van der Waals surface area contributed by atoms with E-state index < -0.39 is 28.5 Å². The van der Waals surface area contributed by atoms with Crippen molar-refractivity contribution in [2.45, 2.75) is 24.2 Å². The second-order valence-electron chi connectivity index (χ2n) is 6.58. The molecule has 0 unspecified atom stereocenters. The second kappa shape index (κ2) is 8.73. The normalized spacial score (nSPS) is 13.2. The van der Waals surface area contributed by atoms with E-state index in [9.17, 15) is 18.0 Å². The maximum absolute atomic E-state index is 12.1. The van der Waals surface area contributed by atoms with E-state index in [2.05, 4.69) is 5.32 Å². The Bertz CT molecular complexity index is 1020. The molecule has 2 aromatic carbocycles. The van der Waals surface area contributed by atoms with Crippen LogP contribution in [-0.2, 0) is 37.2 Å². The van der Waals surface area contributed by atoms with Crippen molar-refractivity contribution in [3.8, 4) is 0 Å². The smallest absolute Gasteiger partial charge is 0.338 e. The number of rotatable bonds is 7. The van der Waals surface area contributed by atoms with Gasteiger partial charge in [-0.05, 0) is 66.8 Å². The largest absolute Gasteiger partial charge is 0.452 e. The predicted octanol–water partition coefficient (Wildman–Crippen LogP) is 2.15. The number of sulfonamides is 1. The first-order valence-electron chi connectivity index (χ1n) is 9.03. The summed E-state index contributed by atoms with van der Waals surface area (Å²) in [6, 6.07) is 10.9. The summed E-state index contributed by atoms with van der Waals surface area (Å²) in [5, 5.41) is 2.71. The van der Waals surface area contributed by atoms with Gasteiger partial charge in [0.05, 0.1) is 17.6 Å². The van der Waals surface area contributed by atoms with Crippen LogP contribution in [0.5, 0.6) is 0 Å². The molecular formula is C20H22N2O6S. The molecule has 1 N–H and O–H groups in total. The molecule has 0 bridgehead atoms. The number of nitrogens with zero attached hydrogens (tertiary/aromatic N) is 1. The van der Waals surface area contributed by atoms with E-state index in [1.54, 1.807) is 0 Å². The molecule has 0 atom stereocenters. The fourth-order valence-corrected chi connectivity index (χ4v) is 4.04. The fraction of sp³-hybridized carbons (Fsp3) is 0.300. The highest BCUT2D eigenvalue weighted by molar-refractivity contribution is 7.89. The lowest BCUT2D eigenvalue weighted by molar-refractivity contribution is -0.119. The van der Waals surface area contributed by atoms with Crippen LogP contribution in [0.2, 0.25) is 0 Å². The van der Waals surface area contributed by atoms with E-state index in [-0.39, 0.29) is 10.5 Å². The van der Waals surface area contributed by atoms with Crippen molar-refractivity contribution < 1.29 is 27.6 Å². The van der Waals surface area contributed by atoms with Crippen molar-refractivity contribution in [1.29, 1.82) is 0 Å². The molecule has 8 nitrogen and oxygen atoms in total. The van der Waals surface area contributed by atoms with Crippen LogP contribution >= 0.6 is 0 Å². The third-order valence-corrected chi connectivity index (χ3v) is 6.39. The van der Waals surface area contributed by atoms with E-state index in [0.29, 0.717) is 10.2 Å². The Morgan fingerprint density at radius 3 is 2.45 bits per heavy atom. The van der Waals surface area contributed by atoms with Crippen molar-refractivity contribution in [2.24, 2.45) is 0 Å². The number of amides is 1. The second-order valence-corrected chi connectivity index (χ2v) is 8.52. The first-order valence-corrected chi connectivity index (χ1v) is 10.5. The van der Waals surface area contributed by atoms with Crippen LogP contribution in [0.25, 0.3) is 0 Å². The number of hydrogen-bond acceptors (Lipinski definition) is 6. The molecule has 1 aliphatic rings. The summed E-state index contributed by atoms with van der Waals surface area (Å²) in [7, 11) is -1.31. The maximum atomic E-state index is 12.1. The zero-order chi connectivity index (χ0) is 21.0. The molecule has 0 radical (unpaired) electrons. The third-order valence-electron chi connectivity index (χ3n) is 4.70. The van der Waals surface area contributed by atoms with Crippen LogP contribution < -0.4 is 5.32 Å². The summed E-state index contributed by atoms with van der Waals surface area (Å²) in [5.74, 6) is -1.17. The van der Waals surface area contributed by atoms with Crippen LogP contribution in [0.1, 0.15) is 27.9 Å². The van der Waals surface area contributed by atoms with Crippen LogP contribution in [0.4, 0.5) is 5.69 Å². The van der Waals surface area contributed by atoms with Gasteiger partial charge in [-0.15, -0.1) is 0 Å². The van der Waals surface area contributed by atoms with Gasteiger partial charge in [0.2, 0.25) is 0 Å². The lowest BCUT2D eigenvalue weighted by Gasteiger charge is -2.14. The highest BCUT2D eigenvalue weighted by Gasteiger charge is 2.21. The maximum Gasteiger partial charge on any atom is 0.338 e. The molecule has 0 saturated carbocycles. The topological polar surface area (TPSA) is 102 Å². The zero-order valence-corrected chi connectivity index (χ0v) is 17.0. The van der Waals surface area contributed by atoms with Crippen LogP contribution in [0, 0.1) is 0 Å². The predicted molar refractivity (Wildman–Crippen MR) is 106 cm³/mol. The number of fused-ring (bicyclic) bond motifs is 1. The molecule has 0 aromatic heterocycles. The average molecular weight is 418 g/mol. The van der Waals surface area contributed by atoms with E-state index in [1.165, 1.54) is 49.5 Å². The van der Waals surface area contributed by atoms with Crippen LogP contribution in [0.15, 0.2) is 47.4 Å². The average Bonchev–Trinajstić information content (AvgIpc) is 3.19. The zero-order valence-electron chi connectivity index (χ0n) is 16.2. The van der Waals surface area contributed by atoms with Gasteiger partial charge in [-0.3, -0.25) is 9.63 Å². The van der Waals surface area contributed by atoms with Crippen molar-refractivity contribution in [1.82, 2.24) is 4.47 Å². The molecule has 3 rings (SSSR count). The molecular weight excluding hydrogens is 396 g/mol. The minimum absolute atomic E-state index is 0.0345. The number of hydroxylamine groups is 1. The van der Waals surface area contributed by atoms with Crippen LogP contribution in [0.3, 0.4) is 0 Å². The third kappa shape index (κ3) is 4.81. The van der Waals surface area contributed by atoms with Gasteiger partial charge in [0, 0.05) is 12.7 Å². The first-order chi connectivity index (χ1) is 13.8. The van der Waals surface area contributed by atoms with Gasteiger partial charge in [0.25, 0.3) is 15.9 Å². The van der Waals surface area contributed by atoms with E-state index in [0.717, 1.165) is 19.3 Å². The molecule has 154 valence electrons. The molecule has 0 saturated heterocycles. The molecule has 1 aliphatic carbocycles. The number of aryl methyl sites for hydroxylation is 2. The number of esters is 1. The Hall–Kier alpha value is -2.75. The van der Waals surface area contributed by atoms with Gasteiger partial charge in [-0.25, -0.2) is 13.2 Å². The minimum Gasteiger partial charge on any atom is -0.452 e. The number of ether oxygens (including phenoxy) is 1. The minimum atomic E-state index is -3.80. The molecule has 1 amide bonds. The van der Waals surface area contributed by atoms with Crippen molar-refractivity contribution in [3.05, 3.63) is 59.2 Å². The Morgan fingerprint density at radius 2 is 1.76 bits per heavy atom. The molecule has 0 spiro atoms. The van der Waals surface area contributed by atoms with Gasteiger partial charge < -0.3 is 10.1 Å². The standard InChI is InChI=1S/C20H22N2O6S/c1-22(27-2)29(25,26)18-10-7-15(8-11-18)20(24)28-13-19(23)21-17-9-6-14-4-3-5-16(14)12-17/h6-12H,3-5,13H2,1-2H3,(H,21,23).